The van der Waals surface area contributed by atoms with E-state index in [1.165, 1.54) is 7.11 Å². The molecule has 1 aliphatic heterocycles. The first-order valence-corrected chi connectivity index (χ1v) is 9.30. The number of hydrogen-bond donors (Lipinski definition) is 1. The van der Waals surface area contributed by atoms with Crippen molar-refractivity contribution in [2.24, 2.45) is 4.99 Å². The van der Waals surface area contributed by atoms with Crippen LogP contribution < -0.4 is 14.2 Å². The summed E-state index contributed by atoms with van der Waals surface area (Å²) in [5, 5.41) is 10.2. The molecule has 1 aromatic heterocycles. The molecule has 4 rings (SSSR count). The van der Waals surface area contributed by atoms with Crippen LogP contribution in [0.3, 0.4) is 0 Å². The van der Waals surface area contributed by atoms with Crippen LogP contribution in [0.25, 0.3) is 0 Å². The van der Waals surface area contributed by atoms with Gasteiger partial charge in [-0.1, -0.05) is 12.2 Å². The van der Waals surface area contributed by atoms with Gasteiger partial charge in [0.2, 0.25) is 0 Å². The molecule has 0 radical (unpaired) electrons. The summed E-state index contributed by atoms with van der Waals surface area (Å²) in [5.41, 5.74) is 3.61. The largest absolute Gasteiger partial charge is 0.493 e. The van der Waals surface area contributed by atoms with E-state index in [0.29, 0.717) is 30.5 Å². The van der Waals surface area contributed by atoms with Gasteiger partial charge in [0, 0.05) is 29.4 Å². The van der Waals surface area contributed by atoms with E-state index in [4.69, 9.17) is 19.2 Å². The van der Waals surface area contributed by atoms with E-state index in [1.807, 2.05) is 31.2 Å². The predicted octanol–water partition coefficient (Wildman–Crippen LogP) is 2.52. The lowest BCUT2D eigenvalue weighted by molar-refractivity contribution is 0.190. The van der Waals surface area contributed by atoms with Gasteiger partial charge in [0.05, 0.1) is 38.7 Å². The van der Waals surface area contributed by atoms with E-state index >= 15 is 0 Å². The molecule has 0 saturated heterocycles. The summed E-state index contributed by atoms with van der Waals surface area (Å²) in [6.45, 7) is 2.48. The van der Waals surface area contributed by atoms with Gasteiger partial charge >= 0.3 is 6.01 Å². The van der Waals surface area contributed by atoms with Crippen molar-refractivity contribution in [3.63, 3.8) is 0 Å². The van der Waals surface area contributed by atoms with E-state index < -0.39 is 6.10 Å². The highest BCUT2D eigenvalue weighted by molar-refractivity contribution is 6.14. The van der Waals surface area contributed by atoms with Crippen LogP contribution >= 0.6 is 0 Å². The van der Waals surface area contributed by atoms with Crippen molar-refractivity contribution in [2.75, 3.05) is 20.8 Å². The number of aromatic nitrogens is 2. The third-order valence-electron chi connectivity index (χ3n) is 5.09. The smallest absolute Gasteiger partial charge is 0.316 e. The summed E-state index contributed by atoms with van der Waals surface area (Å²) in [6, 6.07) is 4.21. The van der Waals surface area contributed by atoms with Gasteiger partial charge in [-0.05, 0) is 31.0 Å². The molecule has 0 saturated carbocycles. The van der Waals surface area contributed by atoms with Crippen LogP contribution in [-0.2, 0) is 0 Å². The molecular weight excluding hydrogens is 358 g/mol. The SMILES string of the molecule is CCOc1cc2c(cc1OC)C(c1cnc(OC)nc1)=N[C@@H]1C=C[C@H](O)C[C@H]21. The molecule has 7 heteroatoms. The zero-order chi connectivity index (χ0) is 19.7. The highest BCUT2D eigenvalue weighted by Crippen LogP contribution is 2.43. The topological polar surface area (TPSA) is 86.1 Å². The minimum Gasteiger partial charge on any atom is -0.493 e. The van der Waals surface area contributed by atoms with Gasteiger partial charge in [-0.15, -0.1) is 0 Å². The summed E-state index contributed by atoms with van der Waals surface area (Å²) < 4.78 is 16.4. The third-order valence-corrected chi connectivity index (χ3v) is 5.09. The van der Waals surface area contributed by atoms with Crippen LogP contribution in [0.5, 0.6) is 17.5 Å². The molecule has 2 aromatic rings. The first kappa shape index (κ1) is 18.4. The molecule has 2 heterocycles. The minimum atomic E-state index is -0.479. The summed E-state index contributed by atoms with van der Waals surface area (Å²) in [6.07, 6.45) is 7.33. The third kappa shape index (κ3) is 3.22. The van der Waals surface area contributed by atoms with E-state index in [0.717, 1.165) is 22.4 Å². The van der Waals surface area contributed by atoms with Crippen LogP contribution in [0, 0.1) is 0 Å². The van der Waals surface area contributed by atoms with Crippen LogP contribution in [0.15, 0.2) is 41.7 Å². The number of aliphatic imine (C=N–C) groups is 1. The van der Waals surface area contributed by atoms with Crippen molar-refractivity contribution < 1.29 is 19.3 Å². The normalized spacial score (nSPS) is 22.7. The summed E-state index contributed by atoms with van der Waals surface area (Å²) in [5.74, 6) is 1.41. The van der Waals surface area contributed by atoms with Gasteiger partial charge in [-0.2, -0.15) is 0 Å². The minimum absolute atomic E-state index is 0.0594. The maximum atomic E-state index is 10.2. The fourth-order valence-corrected chi connectivity index (χ4v) is 3.81. The number of nitrogens with zero attached hydrogens (tertiary/aromatic N) is 3. The van der Waals surface area contributed by atoms with Crippen molar-refractivity contribution >= 4 is 5.71 Å². The van der Waals surface area contributed by atoms with Crippen molar-refractivity contribution in [3.8, 4) is 17.5 Å². The lowest BCUT2D eigenvalue weighted by Gasteiger charge is -2.34. The van der Waals surface area contributed by atoms with Crippen molar-refractivity contribution in [1.82, 2.24) is 9.97 Å². The highest BCUT2D eigenvalue weighted by atomic mass is 16.5. The predicted molar refractivity (Wildman–Crippen MR) is 105 cm³/mol. The Hall–Kier alpha value is -2.93. The first-order chi connectivity index (χ1) is 13.6. The molecule has 0 bridgehead atoms. The second-order valence-corrected chi connectivity index (χ2v) is 6.74. The molecule has 0 spiro atoms. The number of benzene rings is 1. The Kier molecular flexibility index (Phi) is 5.00. The molecule has 1 N–H and O–H groups in total. The Morgan fingerprint density at radius 3 is 2.54 bits per heavy atom. The van der Waals surface area contributed by atoms with Crippen LogP contribution in [0.1, 0.15) is 36.0 Å². The summed E-state index contributed by atoms with van der Waals surface area (Å²) >= 11 is 0. The van der Waals surface area contributed by atoms with E-state index in [1.54, 1.807) is 19.5 Å². The maximum Gasteiger partial charge on any atom is 0.316 e. The fraction of sp³-hybridized carbons (Fsp3) is 0.381. The quantitative estimate of drug-likeness (QED) is 0.801. The zero-order valence-corrected chi connectivity index (χ0v) is 16.1. The Morgan fingerprint density at radius 2 is 1.86 bits per heavy atom. The Bertz CT molecular complexity index is 924. The standard InChI is InChI=1S/C21H23N3O4/c1-4-28-19-8-14-15-7-13(25)5-6-17(15)24-20(16(14)9-18(19)26-2)12-10-22-21(27-3)23-11-12/h5-6,8-11,13,15,17,25H,4,7H2,1-3H3/t13-,15+,17+/m0/s1. The molecule has 3 atom stereocenters. The number of aliphatic hydroxyl groups is 1. The lowest BCUT2D eigenvalue weighted by atomic mass is 9.77. The number of ether oxygens (including phenoxy) is 3. The zero-order valence-electron chi connectivity index (χ0n) is 16.1. The molecule has 28 heavy (non-hydrogen) atoms. The maximum absolute atomic E-state index is 10.2. The lowest BCUT2D eigenvalue weighted by Crippen LogP contribution is -2.31. The van der Waals surface area contributed by atoms with E-state index in [9.17, 15) is 5.11 Å². The van der Waals surface area contributed by atoms with Gasteiger partial charge < -0.3 is 19.3 Å². The number of rotatable bonds is 5. The Labute approximate surface area is 163 Å². The number of aliphatic hydroxyl groups excluding tert-OH is 1. The molecule has 1 aliphatic carbocycles. The second kappa shape index (κ2) is 7.59. The molecule has 2 aliphatic rings. The second-order valence-electron chi connectivity index (χ2n) is 6.74. The van der Waals surface area contributed by atoms with Crippen molar-refractivity contribution in [2.45, 2.75) is 31.4 Å². The van der Waals surface area contributed by atoms with Crippen LogP contribution in [0.4, 0.5) is 0 Å². The summed E-state index contributed by atoms with van der Waals surface area (Å²) in [4.78, 5) is 13.4. The van der Waals surface area contributed by atoms with Crippen molar-refractivity contribution in [1.29, 1.82) is 0 Å². The van der Waals surface area contributed by atoms with Gasteiger partial charge in [-0.25, -0.2) is 9.97 Å². The van der Waals surface area contributed by atoms with Gasteiger partial charge in [0.25, 0.3) is 0 Å². The first-order valence-electron chi connectivity index (χ1n) is 9.30. The molecule has 0 fully saturated rings. The fourth-order valence-electron chi connectivity index (χ4n) is 3.81. The average Bonchev–Trinajstić information content (AvgIpc) is 2.73. The molecule has 7 nitrogen and oxygen atoms in total. The molecule has 0 amide bonds. The van der Waals surface area contributed by atoms with Gasteiger partial charge in [0.1, 0.15) is 0 Å². The number of hydrogen-bond acceptors (Lipinski definition) is 7. The van der Waals surface area contributed by atoms with Crippen LogP contribution in [0.2, 0.25) is 0 Å². The molecular formula is C21H23N3O4. The Balaban J connectivity index is 1.88. The number of fused-ring (bicyclic) bond motifs is 3. The monoisotopic (exact) mass is 381 g/mol. The molecule has 0 unspecified atom stereocenters. The Morgan fingerprint density at radius 1 is 1.07 bits per heavy atom. The average molecular weight is 381 g/mol. The molecule has 146 valence electrons. The van der Waals surface area contributed by atoms with Gasteiger partial charge in [0.15, 0.2) is 11.5 Å². The molecule has 1 aromatic carbocycles. The van der Waals surface area contributed by atoms with Crippen LogP contribution in [-0.4, -0.2) is 53.8 Å². The van der Waals surface area contributed by atoms with Crippen molar-refractivity contribution in [3.05, 3.63) is 53.4 Å². The highest BCUT2D eigenvalue weighted by Gasteiger charge is 2.35. The van der Waals surface area contributed by atoms with E-state index in [2.05, 4.69) is 9.97 Å². The summed E-state index contributed by atoms with van der Waals surface area (Å²) in [7, 11) is 3.15. The van der Waals surface area contributed by atoms with Gasteiger partial charge in [-0.3, -0.25) is 4.99 Å². The number of methoxy groups -OCH3 is 2. The van der Waals surface area contributed by atoms with E-state index in [-0.39, 0.29) is 12.0 Å².